The molecule has 4 aromatic heterocycles. The van der Waals surface area contributed by atoms with Gasteiger partial charge in [0, 0.05) is 53.3 Å². The van der Waals surface area contributed by atoms with Crippen molar-refractivity contribution in [2.75, 3.05) is 11.9 Å². The molecule has 2 atom stereocenters. The minimum absolute atomic E-state index is 0.0427. The van der Waals surface area contributed by atoms with Crippen molar-refractivity contribution >= 4 is 49.3 Å². The van der Waals surface area contributed by atoms with Gasteiger partial charge in [-0.3, -0.25) is 19.8 Å². The summed E-state index contributed by atoms with van der Waals surface area (Å²) in [6.45, 7) is 10.6. The van der Waals surface area contributed by atoms with E-state index in [1.165, 1.54) is 24.0 Å². The fourth-order valence-electron chi connectivity index (χ4n) is 11.2. The van der Waals surface area contributed by atoms with E-state index in [1.807, 2.05) is 61.5 Å². The molecular formula is C42H42N6O4S. The molecule has 0 aliphatic heterocycles. The lowest BCUT2D eigenvalue weighted by molar-refractivity contribution is -0.246. The molecule has 0 spiro atoms. The molecule has 4 aliphatic carbocycles. The van der Waals surface area contributed by atoms with E-state index in [-0.39, 0.29) is 33.4 Å². The van der Waals surface area contributed by atoms with Gasteiger partial charge in [-0.05, 0) is 104 Å². The van der Waals surface area contributed by atoms with Crippen molar-refractivity contribution in [2.24, 2.45) is 16.2 Å². The average molecular weight is 727 g/mol. The van der Waals surface area contributed by atoms with Crippen molar-refractivity contribution in [2.45, 2.75) is 78.4 Å². The van der Waals surface area contributed by atoms with E-state index in [0.717, 1.165) is 72.1 Å². The third kappa shape index (κ3) is 5.81. The monoisotopic (exact) mass is 726 g/mol. The lowest BCUT2D eigenvalue weighted by Gasteiger charge is -2.69. The predicted molar refractivity (Wildman–Crippen MR) is 206 cm³/mol. The lowest BCUT2D eigenvalue weighted by Crippen LogP contribution is -2.64. The van der Waals surface area contributed by atoms with Gasteiger partial charge in [0.05, 0.1) is 33.3 Å². The Morgan fingerprint density at radius 3 is 2.47 bits per heavy atom. The number of fused-ring (bicyclic) bond motifs is 2. The van der Waals surface area contributed by atoms with Crippen molar-refractivity contribution in [3.8, 4) is 22.4 Å². The highest BCUT2D eigenvalue weighted by atomic mass is 32.1. The van der Waals surface area contributed by atoms with Crippen LogP contribution in [0.4, 0.5) is 5.13 Å². The summed E-state index contributed by atoms with van der Waals surface area (Å²) in [6.07, 6.45) is 11.9. The Bertz CT molecular complexity index is 2420. The molecule has 53 heavy (non-hydrogen) atoms. The molecule has 6 aromatic rings. The van der Waals surface area contributed by atoms with Crippen LogP contribution in [0.2, 0.25) is 0 Å². The van der Waals surface area contributed by atoms with Crippen molar-refractivity contribution in [1.29, 1.82) is 0 Å². The number of anilines is 1. The van der Waals surface area contributed by atoms with E-state index in [0.29, 0.717) is 32.9 Å². The van der Waals surface area contributed by atoms with E-state index in [4.69, 9.17) is 14.8 Å². The summed E-state index contributed by atoms with van der Waals surface area (Å²) in [5.41, 5.74) is 5.06. The molecule has 11 heteroatoms. The summed E-state index contributed by atoms with van der Waals surface area (Å²) < 4.78 is 9.65. The number of aromatic carboxylic acids is 1. The number of pyridine rings is 2. The highest BCUT2D eigenvalue weighted by Gasteiger charge is 2.66. The van der Waals surface area contributed by atoms with Crippen LogP contribution in [-0.4, -0.2) is 53.9 Å². The number of nitrogens with zero attached hydrogens (tertiary/aromatic N) is 5. The summed E-state index contributed by atoms with van der Waals surface area (Å²) in [7, 11) is 0. The molecular weight excluding hydrogens is 685 g/mol. The number of ether oxygens (including phenoxy) is 1. The zero-order valence-corrected chi connectivity index (χ0v) is 31.2. The summed E-state index contributed by atoms with van der Waals surface area (Å²) >= 11 is 1.41. The van der Waals surface area contributed by atoms with E-state index >= 15 is 0 Å². The second-order valence-electron chi connectivity index (χ2n) is 16.6. The van der Waals surface area contributed by atoms with E-state index in [2.05, 4.69) is 40.7 Å². The van der Waals surface area contributed by atoms with Crippen molar-refractivity contribution < 1.29 is 19.4 Å². The molecule has 0 saturated heterocycles. The molecule has 270 valence electrons. The quantitative estimate of drug-likeness (QED) is 0.151. The first kappa shape index (κ1) is 33.8. The smallest absolute Gasteiger partial charge is 0.355 e. The summed E-state index contributed by atoms with van der Waals surface area (Å²) in [5, 5.41) is 20.2. The number of carbonyl (C=O) groups excluding carboxylic acids is 1. The number of thiazole rings is 1. The van der Waals surface area contributed by atoms with Crippen molar-refractivity contribution in [1.82, 2.24) is 24.7 Å². The number of aromatic nitrogens is 5. The Balaban J connectivity index is 1.02. The first-order valence-corrected chi connectivity index (χ1v) is 19.2. The second-order valence-corrected chi connectivity index (χ2v) is 17.6. The topological polar surface area (TPSA) is 132 Å². The largest absolute Gasteiger partial charge is 0.476 e. The number of carbonyl (C=O) groups is 2. The van der Waals surface area contributed by atoms with Gasteiger partial charge >= 0.3 is 5.97 Å². The SMILES string of the molecule is CCOC12CC3(C)CC(C)(CC(Cn4ncc(-c5ccc(-c6ccc7cncc(C(=O)Nc8nc9ccccc9s8)c7c6)nc5C(=O)O)c4C)(C3)C1)C2. The first-order chi connectivity index (χ1) is 25.4. The number of amides is 1. The van der Waals surface area contributed by atoms with Crippen LogP contribution in [0.3, 0.4) is 0 Å². The molecule has 0 radical (unpaired) electrons. The Labute approximate surface area is 311 Å². The van der Waals surface area contributed by atoms with Crippen LogP contribution in [0.5, 0.6) is 0 Å². The molecule has 4 aliphatic rings. The van der Waals surface area contributed by atoms with Gasteiger partial charge in [0.15, 0.2) is 10.8 Å². The molecule has 4 fully saturated rings. The Morgan fingerprint density at radius 2 is 1.72 bits per heavy atom. The average Bonchev–Trinajstić information content (AvgIpc) is 3.67. The Kier molecular flexibility index (Phi) is 7.66. The van der Waals surface area contributed by atoms with Crippen LogP contribution in [0, 0.1) is 23.2 Å². The molecule has 1 amide bonds. The minimum Gasteiger partial charge on any atom is -0.476 e. The summed E-state index contributed by atoms with van der Waals surface area (Å²) in [5.74, 6) is -1.44. The summed E-state index contributed by atoms with van der Waals surface area (Å²) in [6, 6.07) is 17.0. The van der Waals surface area contributed by atoms with Crippen LogP contribution < -0.4 is 5.32 Å². The fourth-order valence-corrected chi connectivity index (χ4v) is 12.1. The lowest BCUT2D eigenvalue weighted by atomic mass is 9.39. The highest BCUT2D eigenvalue weighted by Crippen LogP contribution is 2.72. The standard InChI is InChI=1S/C42H42N6O4S/c1-5-52-42-21-39(3)18-40(4,22-42)20-41(19-39,23-42)24-48-25(2)30(17-44-48)28-12-13-32(45-35(28)37(50)51)26-10-11-27-15-43-16-31(29(27)14-26)36(49)47-38-46-33-8-6-7-9-34(33)53-38/h6-17H,5,18-24H2,1-4H3,(H,50,51)(H,46,47,49). The maximum absolute atomic E-state index is 13.5. The van der Waals surface area contributed by atoms with Crippen LogP contribution in [0.25, 0.3) is 43.4 Å². The third-order valence-corrected chi connectivity index (χ3v) is 12.8. The number of hydrogen-bond acceptors (Lipinski definition) is 8. The number of rotatable bonds is 9. The molecule has 4 heterocycles. The van der Waals surface area contributed by atoms with Gasteiger partial charge in [-0.2, -0.15) is 5.10 Å². The van der Waals surface area contributed by atoms with E-state index in [9.17, 15) is 14.7 Å². The van der Waals surface area contributed by atoms with Crippen LogP contribution in [0.15, 0.2) is 73.2 Å². The van der Waals surface area contributed by atoms with Crippen molar-refractivity contribution in [3.63, 3.8) is 0 Å². The highest BCUT2D eigenvalue weighted by molar-refractivity contribution is 7.22. The number of carboxylic acids is 1. The number of benzene rings is 2. The molecule has 2 N–H and O–H groups in total. The van der Waals surface area contributed by atoms with Gasteiger partial charge in [0.25, 0.3) is 5.91 Å². The molecule has 2 unspecified atom stereocenters. The number of nitrogens with one attached hydrogen (secondary N) is 1. The van der Waals surface area contributed by atoms with Gasteiger partial charge in [-0.15, -0.1) is 0 Å². The van der Waals surface area contributed by atoms with Gasteiger partial charge < -0.3 is 9.84 Å². The molecule has 10 rings (SSSR count). The van der Waals surface area contributed by atoms with Gasteiger partial charge in [-0.25, -0.2) is 14.8 Å². The predicted octanol–water partition coefficient (Wildman–Crippen LogP) is 9.18. The third-order valence-electron chi connectivity index (χ3n) is 11.9. The number of hydrogen-bond donors (Lipinski definition) is 2. The number of carboxylic acid groups (broad SMARTS) is 1. The number of para-hydroxylation sites is 1. The summed E-state index contributed by atoms with van der Waals surface area (Å²) in [4.78, 5) is 39.8. The van der Waals surface area contributed by atoms with Crippen molar-refractivity contribution in [3.05, 3.63) is 90.1 Å². The Hall–Kier alpha value is -5.00. The van der Waals surface area contributed by atoms with Gasteiger partial charge in [0.2, 0.25) is 0 Å². The van der Waals surface area contributed by atoms with Crippen LogP contribution in [0.1, 0.15) is 85.8 Å². The Morgan fingerprint density at radius 1 is 0.925 bits per heavy atom. The van der Waals surface area contributed by atoms with Gasteiger partial charge in [0.1, 0.15) is 0 Å². The van der Waals surface area contributed by atoms with Crippen LogP contribution in [-0.2, 0) is 11.3 Å². The first-order valence-electron chi connectivity index (χ1n) is 18.3. The van der Waals surface area contributed by atoms with E-state index in [1.54, 1.807) is 12.4 Å². The second kappa shape index (κ2) is 12.0. The zero-order valence-electron chi connectivity index (χ0n) is 30.4. The van der Waals surface area contributed by atoms with Crippen LogP contribution >= 0.6 is 11.3 Å². The molecule has 2 aromatic carbocycles. The van der Waals surface area contributed by atoms with E-state index < -0.39 is 5.97 Å². The molecule has 4 saturated carbocycles. The minimum atomic E-state index is -1.12. The molecule has 10 nitrogen and oxygen atoms in total. The maximum Gasteiger partial charge on any atom is 0.355 e. The maximum atomic E-state index is 13.5. The zero-order chi connectivity index (χ0) is 36.8. The van der Waals surface area contributed by atoms with Gasteiger partial charge in [-0.1, -0.05) is 49.4 Å². The fraction of sp³-hybridized carbons (Fsp3) is 0.381. The molecule has 4 bridgehead atoms. The normalized spacial score (nSPS) is 26.0.